The first-order valence-electron chi connectivity index (χ1n) is 12.1. The molecule has 0 saturated heterocycles. The summed E-state index contributed by atoms with van der Waals surface area (Å²) in [6.45, 7) is 0. The molecule has 0 aliphatic heterocycles. The van der Waals surface area contributed by atoms with Crippen molar-refractivity contribution in [3.05, 3.63) is 119 Å². The van der Waals surface area contributed by atoms with E-state index in [1.165, 1.54) is 0 Å². The number of hydrogen-bond acceptors (Lipinski definition) is 8. The summed E-state index contributed by atoms with van der Waals surface area (Å²) in [6.07, 6.45) is 0. The predicted octanol–water partition coefficient (Wildman–Crippen LogP) is 6.88. The fraction of sp³-hybridized carbons (Fsp3) is 0. The normalized spacial score (nSPS) is 10.4. The van der Waals surface area contributed by atoms with Crippen LogP contribution in [0.25, 0.3) is 45.0 Å². The average Bonchev–Trinajstić information content (AvgIpc) is 2.98. The molecule has 2 aromatic heterocycles. The van der Waals surface area contributed by atoms with Crippen molar-refractivity contribution in [2.45, 2.75) is 0 Å². The minimum absolute atomic E-state index is 0.148. The molecule has 0 saturated carbocycles. The van der Waals surface area contributed by atoms with Gasteiger partial charge in [-0.15, -0.1) is 20.4 Å². The Balaban J connectivity index is 0.000000161. The van der Waals surface area contributed by atoms with Gasteiger partial charge < -0.3 is 11.5 Å². The van der Waals surface area contributed by atoms with Gasteiger partial charge in [0, 0.05) is 32.3 Å². The third-order valence-corrected chi connectivity index (χ3v) is 6.17. The zero-order chi connectivity index (χ0) is 27.9. The van der Waals surface area contributed by atoms with E-state index >= 15 is 0 Å². The van der Waals surface area contributed by atoms with E-state index in [0.717, 1.165) is 22.3 Å². The molecular weight excluding hydrogens is 543 g/mol. The Labute approximate surface area is 240 Å². The monoisotopic (exact) mass is 564 g/mol. The Morgan fingerprint density at radius 1 is 0.400 bits per heavy atom. The summed E-state index contributed by atoms with van der Waals surface area (Å²) in [7, 11) is 0. The quantitative estimate of drug-likeness (QED) is 0.237. The van der Waals surface area contributed by atoms with Gasteiger partial charge in [-0.3, -0.25) is 0 Å². The van der Waals surface area contributed by atoms with E-state index in [1.807, 2.05) is 109 Å². The molecule has 6 aromatic rings. The van der Waals surface area contributed by atoms with Crippen LogP contribution < -0.4 is 11.5 Å². The lowest BCUT2D eigenvalue weighted by molar-refractivity contribution is 0.997. The van der Waals surface area contributed by atoms with Crippen LogP contribution in [0.4, 0.5) is 11.9 Å². The van der Waals surface area contributed by atoms with E-state index in [-0.39, 0.29) is 11.9 Å². The number of benzene rings is 4. The Hall–Kier alpha value is -4.92. The molecule has 2 heterocycles. The molecule has 0 bridgehead atoms. The zero-order valence-corrected chi connectivity index (χ0v) is 22.5. The number of hydrogen-bond donors (Lipinski definition) is 2. The van der Waals surface area contributed by atoms with Gasteiger partial charge >= 0.3 is 0 Å². The van der Waals surface area contributed by atoms with Gasteiger partial charge in [0.15, 0.2) is 0 Å². The van der Waals surface area contributed by atoms with Crippen molar-refractivity contribution in [2.24, 2.45) is 0 Å². The Kier molecular flexibility index (Phi) is 8.20. The molecule has 0 atom stereocenters. The number of aromatic nitrogens is 6. The molecule has 0 radical (unpaired) electrons. The van der Waals surface area contributed by atoms with Crippen LogP contribution in [0.15, 0.2) is 109 Å². The summed E-state index contributed by atoms with van der Waals surface area (Å²) in [5.74, 6) is 0.296. The van der Waals surface area contributed by atoms with Crippen LogP contribution in [-0.4, -0.2) is 30.4 Å². The smallest absolute Gasteiger partial charge is 0.240 e. The second-order valence-corrected chi connectivity index (χ2v) is 9.36. The molecule has 0 amide bonds. The second kappa shape index (κ2) is 12.3. The highest BCUT2D eigenvalue weighted by atomic mass is 35.5. The molecule has 0 aliphatic rings. The van der Waals surface area contributed by atoms with Crippen molar-refractivity contribution >= 4 is 35.1 Å². The van der Waals surface area contributed by atoms with Crippen molar-refractivity contribution in [2.75, 3.05) is 11.5 Å². The fourth-order valence-electron chi connectivity index (χ4n) is 3.93. The SMILES string of the molecule is Nc1nnc(-c2cccc(Cl)c2)c(-c2ccccc2)n1.Nc1nnc(-c2cccc(Cl)c2)c(-c2ccccc2)n1. The third-order valence-electron chi connectivity index (χ3n) is 5.70. The van der Waals surface area contributed by atoms with E-state index in [2.05, 4.69) is 30.4 Å². The highest BCUT2D eigenvalue weighted by molar-refractivity contribution is 6.31. The first-order chi connectivity index (χ1) is 19.5. The lowest BCUT2D eigenvalue weighted by Gasteiger charge is -2.08. The number of nitrogens with zero attached hydrogens (tertiary/aromatic N) is 6. The van der Waals surface area contributed by atoms with E-state index < -0.39 is 0 Å². The van der Waals surface area contributed by atoms with Crippen molar-refractivity contribution < 1.29 is 0 Å². The molecule has 0 spiro atoms. The zero-order valence-electron chi connectivity index (χ0n) is 21.0. The number of anilines is 2. The molecule has 4 N–H and O–H groups in total. The summed E-state index contributed by atoms with van der Waals surface area (Å²) < 4.78 is 0. The van der Waals surface area contributed by atoms with Gasteiger partial charge in [0.25, 0.3) is 0 Å². The van der Waals surface area contributed by atoms with Gasteiger partial charge in [-0.05, 0) is 24.3 Å². The van der Waals surface area contributed by atoms with E-state index in [1.54, 1.807) is 0 Å². The number of nitrogens with two attached hydrogens (primary N) is 2. The van der Waals surface area contributed by atoms with E-state index in [4.69, 9.17) is 34.7 Å². The van der Waals surface area contributed by atoms with Crippen molar-refractivity contribution in [1.82, 2.24) is 30.4 Å². The minimum atomic E-state index is 0.148. The summed E-state index contributed by atoms with van der Waals surface area (Å²) in [6, 6.07) is 34.3. The van der Waals surface area contributed by atoms with Crippen molar-refractivity contribution in [3.63, 3.8) is 0 Å². The van der Waals surface area contributed by atoms with Crippen molar-refractivity contribution in [1.29, 1.82) is 0 Å². The number of rotatable bonds is 4. The lowest BCUT2D eigenvalue weighted by Crippen LogP contribution is -2.02. The standard InChI is InChI=1S/2C15H11ClN4/c2*16-12-8-4-7-11(9-12)14-13(18-15(17)20-19-14)10-5-2-1-3-6-10/h2*1-9H,(H2,17,18,20). The highest BCUT2D eigenvalue weighted by Crippen LogP contribution is 2.31. The summed E-state index contributed by atoms with van der Waals surface area (Å²) in [4.78, 5) is 8.62. The van der Waals surface area contributed by atoms with E-state index in [0.29, 0.717) is 32.8 Å². The highest BCUT2D eigenvalue weighted by Gasteiger charge is 2.14. The molecule has 0 aliphatic carbocycles. The lowest BCUT2D eigenvalue weighted by atomic mass is 10.0. The first-order valence-corrected chi connectivity index (χ1v) is 12.9. The average molecular weight is 565 g/mol. The van der Waals surface area contributed by atoms with Crippen LogP contribution in [0.2, 0.25) is 10.0 Å². The van der Waals surface area contributed by atoms with Gasteiger partial charge in [0.1, 0.15) is 22.8 Å². The molecule has 6 rings (SSSR count). The summed E-state index contributed by atoms with van der Waals surface area (Å²) in [5, 5.41) is 17.3. The topological polar surface area (TPSA) is 129 Å². The van der Waals surface area contributed by atoms with Crippen LogP contribution >= 0.6 is 23.2 Å². The number of halogens is 2. The second-order valence-electron chi connectivity index (χ2n) is 8.49. The van der Waals surface area contributed by atoms with Crippen LogP contribution in [0.5, 0.6) is 0 Å². The molecular formula is C30H22Cl2N8. The Bertz CT molecular complexity index is 1620. The van der Waals surface area contributed by atoms with Gasteiger partial charge in [0.05, 0.1) is 0 Å². The summed E-state index contributed by atoms with van der Waals surface area (Å²) in [5.41, 5.74) is 17.6. The van der Waals surface area contributed by atoms with Gasteiger partial charge in [-0.25, -0.2) is 9.97 Å². The molecule has 0 fully saturated rings. The maximum atomic E-state index is 6.03. The Morgan fingerprint density at radius 3 is 1.15 bits per heavy atom. The minimum Gasteiger partial charge on any atom is -0.366 e. The predicted molar refractivity (Wildman–Crippen MR) is 160 cm³/mol. The maximum absolute atomic E-state index is 6.03. The molecule has 8 nitrogen and oxygen atoms in total. The summed E-state index contributed by atoms with van der Waals surface area (Å²) >= 11 is 12.1. The largest absolute Gasteiger partial charge is 0.366 e. The van der Waals surface area contributed by atoms with E-state index in [9.17, 15) is 0 Å². The van der Waals surface area contributed by atoms with Crippen LogP contribution in [-0.2, 0) is 0 Å². The van der Waals surface area contributed by atoms with Gasteiger partial charge in [-0.1, -0.05) is 108 Å². The van der Waals surface area contributed by atoms with Gasteiger partial charge in [-0.2, -0.15) is 0 Å². The fourth-order valence-corrected chi connectivity index (χ4v) is 4.31. The first kappa shape index (κ1) is 26.7. The third kappa shape index (κ3) is 6.37. The molecule has 40 heavy (non-hydrogen) atoms. The van der Waals surface area contributed by atoms with Gasteiger partial charge in [0.2, 0.25) is 11.9 Å². The van der Waals surface area contributed by atoms with Crippen LogP contribution in [0, 0.1) is 0 Å². The molecule has 196 valence electrons. The molecule has 10 heteroatoms. The number of nitrogen functional groups attached to an aromatic ring is 2. The van der Waals surface area contributed by atoms with Crippen LogP contribution in [0.1, 0.15) is 0 Å². The molecule has 0 unspecified atom stereocenters. The maximum Gasteiger partial charge on any atom is 0.240 e. The van der Waals surface area contributed by atoms with Crippen LogP contribution in [0.3, 0.4) is 0 Å². The van der Waals surface area contributed by atoms with Crippen molar-refractivity contribution in [3.8, 4) is 45.0 Å². The molecule has 4 aromatic carbocycles. The Morgan fingerprint density at radius 2 is 0.775 bits per heavy atom.